The van der Waals surface area contributed by atoms with Crippen LogP contribution in [0.4, 0.5) is 0 Å². The minimum Gasteiger partial charge on any atom is -0.503 e. The number of hydrogen-bond acceptors (Lipinski definition) is 4. The van der Waals surface area contributed by atoms with Crippen molar-refractivity contribution < 1.29 is 28.8 Å². The van der Waals surface area contributed by atoms with Crippen LogP contribution in [0.3, 0.4) is 0 Å². The Hall–Kier alpha value is -1.77. The normalized spacial score (nSPS) is 9.05. The first kappa shape index (κ1) is 19.2. The van der Waals surface area contributed by atoms with Crippen LogP contribution in [-0.4, -0.2) is 31.0 Å². The van der Waals surface area contributed by atoms with Crippen LogP contribution in [0.15, 0.2) is 18.3 Å². The van der Waals surface area contributed by atoms with Gasteiger partial charge in [-0.05, 0) is 18.6 Å². The van der Waals surface area contributed by atoms with E-state index in [1.165, 1.54) is 6.42 Å². The van der Waals surface area contributed by atoms with Crippen molar-refractivity contribution in [1.82, 2.24) is 19.9 Å². The molecule has 0 amide bonds. The van der Waals surface area contributed by atoms with Crippen LogP contribution in [0, 0.1) is 19.7 Å². The quantitative estimate of drug-likeness (QED) is 0.548. The van der Waals surface area contributed by atoms with E-state index in [2.05, 4.69) is 33.2 Å². The number of aromatic amines is 1. The van der Waals surface area contributed by atoms with Gasteiger partial charge in [0.05, 0.1) is 5.82 Å². The molecule has 0 aliphatic heterocycles. The van der Waals surface area contributed by atoms with E-state index in [-0.39, 0.29) is 18.9 Å². The maximum Gasteiger partial charge on any atom is 1.00 e. The van der Waals surface area contributed by atoms with E-state index in [9.17, 15) is 4.79 Å². The van der Waals surface area contributed by atoms with Crippen LogP contribution >= 0.6 is 0 Å². The monoisotopic (exact) mass is 280 g/mol. The average molecular weight is 280 g/mol. The van der Waals surface area contributed by atoms with Gasteiger partial charge in [0.1, 0.15) is 0 Å². The Morgan fingerprint density at radius 1 is 1.52 bits per heavy atom. The van der Waals surface area contributed by atoms with Gasteiger partial charge < -0.3 is 32.0 Å². The van der Waals surface area contributed by atoms with Crippen molar-refractivity contribution >= 4 is 5.97 Å². The summed E-state index contributed by atoms with van der Waals surface area (Å²) in [5.74, 6) is 0.556. The zero-order valence-electron chi connectivity index (χ0n) is 12.3. The molecule has 2 aromatic rings. The molecule has 2 heterocycles. The van der Waals surface area contributed by atoms with Crippen molar-refractivity contribution in [2.24, 2.45) is 0 Å². The van der Waals surface area contributed by atoms with Crippen LogP contribution < -0.4 is 18.9 Å². The molecule has 0 aromatic carbocycles. The fourth-order valence-corrected chi connectivity index (χ4v) is 1.28. The number of aryl methyl sites for hydroxylation is 1. The SMILES string of the molecule is CCc1n[c-]nc(-c2ccc[nH]2)n1.[CH2-]CC[CH-]C(=O)O.[Li+]. The summed E-state index contributed by atoms with van der Waals surface area (Å²) in [4.78, 5) is 24.8. The van der Waals surface area contributed by atoms with Gasteiger partial charge >= 0.3 is 18.9 Å². The van der Waals surface area contributed by atoms with E-state index in [0.717, 1.165) is 17.9 Å². The molecule has 0 unspecified atom stereocenters. The zero-order valence-corrected chi connectivity index (χ0v) is 12.3. The summed E-state index contributed by atoms with van der Waals surface area (Å²) in [6.45, 7) is 5.46. The number of nitrogens with zero attached hydrogens (tertiary/aromatic N) is 3. The maximum absolute atomic E-state index is 9.67. The Kier molecular flexibility index (Phi) is 10.0. The third kappa shape index (κ3) is 7.54. The Balaban J connectivity index is 0.000000436. The van der Waals surface area contributed by atoms with Crippen molar-refractivity contribution in [3.8, 4) is 11.5 Å². The van der Waals surface area contributed by atoms with Crippen LogP contribution in [0.5, 0.6) is 0 Å². The van der Waals surface area contributed by atoms with E-state index >= 15 is 0 Å². The summed E-state index contributed by atoms with van der Waals surface area (Å²) < 4.78 is 0. The topological polar surface area (TPSA) is 91.8 Å². The number of H-pyrrole nitrogens is 1. The van der Waals surface area contributed by atoms with Gasteiger partial charge in [-0.25, -0.2) is 6.42 Å². The zero-order chi connectivity index (χ0) is 14.8. The summed E-state index contributed by atoms with van der Waals surface area (Å²) in [6.07, 6.45) is 7.65. The molecule has 2 aromatic heterocycles. The first-order valence-corrected chi connectivity index (χ1v) is 6.27. The number of rotatable bonds is 5. The fraction of sp³-hybridized carbons (Fsp3) is 0.286. The summed E-state index contributed by atoms with van der Waals surface area (Å²) in [7, 11) is 0. The fourth-order valence-electron chi connectivity index (χ4n) is 1.28. The van der Waals surface area contributed by atoms with E-state index in [0.29, 0.717) is 18.7 Å². The van der Waals surface area contributed by atoms with Crippen molar-refractivity contribution in [3.63, 3.8) is 0 Å². The summed E-state index contributed by atoms with van der Waals surface area (Å²) >= 11 is 0. The number of carbonyl (C=O) groups is 1. The van der Waals surface area contributed by atoms with Crippen molar-refractivity contribution in [2.45, 2.75) is 26.2 Å². The second kappa shape index (κ2) is 10.9. The summed E-state index contributed by atoms with van der Waals surface area (Å²) in [6, 6.07) is 3.83. The second-order valence-electron chi connectivity index (χ2n) is 3.80. The molecule has 21 heavy (non-hydrogen) atoms. The van der Waals surface area contributed by atoms with Gasteiger partial charge in [-0.15, -0.1) is 0 Å². The van der Waals surface area contributed by atoms with E-state index in [1.54, 1.807) is 0 Å². The molecule has 0 aliphatic rings. The predicted molar refractivity (Wildman–Crippen MR) is 74.4 cm³/mol. The number of hydrogen-bond donors (Lipinski definition) is 2. The third-order valence-electron chi connectivity index (χ3n) is 2.25. The standard InChI is InChI=1S/C9H9N4.C5H8O2.Li/c1-2-8-11-6-12-9(13-8)7-4-3-5-10-7;1-2-3-4-5(6)7;/h3-5,10H,2H2,1H3;4H,1-3H2,(H,6,7);/q-1;-2;+1. The van der Waals surface area contributed by atoms with E-state index < -0.39 is 5.97 Å². The van der Waals surface area contributed by atoms with Crippen LogP contribution in [0.25, 0.3) is 11.5 Å². The largest absolute Gasteiger partial charge is 1.00 e. The van der Waals surface area contributed by atoms with Gasteiger partial charge in [-0.1, -0.05) is 6.92 Å². The first-order chi connectivity index (χ1) is 9.67. The third-order valence-corrected chi connectivity index (χ3v) is 2.25. The molecule has 6 nitrogen and oxygen atoms in total. The van der Waals surface area contributed by atoms with Crippen LogP contribution in [-0.2, 0) is 11.2 Å². The average Bonchev–Trinajstić information content (AvgIpc) is 3.00. The number of aliphatic carboxylic acids is 1. The molecule has 0 fully saturated rings. The smallest absolute Gasteiger partial charge is 0.503 e. The summed E-state index contributed by atoms with van der Waals surface area (Å²) in [5.41, 5.74) is 0.897. The molecule has 0 spiro atoms. The molecule has 2 N–H and O–H groups in total. The molecule has 7 heteroatoms. The van der Waals surface area contributed by atoms with E-state index in [4.69, 9.17) is 5.11 Å². The molecule has 0 atom stereocenters. The number of carboxylic acids is 1. The number of unbranched alkanes of at least 4 members (excludes halogenated alkanes) is 1. The molecular formula is C14H17LiN4O2-2. The Morgan fingerprint density at radius 3 is 2.76 bits per heavy atom. The minimum absolute atomic E-state index is 0. The molecule has 0 bridgehead atoms. The first-order valence-electron chi connectivity index (χ1n) is 6.27. The van der Waals surface area contributed by atoms with Crippen molar-refractivity contribution in [3.05, 3.63) is 43.8 Å². The predicted octanol–water partition coefficient (Wildman–Crippen LogP) is -0.877. The number of carboxylic acid groups (broad SMARTS) is 1. The Labute approximate surface area is 136 Å². The molecule has 2 rings (SSSR count). The second-order valence-corrected chi connectivity index (χ2v) is 3.80. The number of aromatic nitrogens is 4. The van der Waals surface area contributed by atoms with Gasteiger partial charge in [0.2, 0.25) is 0 Å². The molecule has 108 valence electrons. The molecule has 0 saturated heterocycles. The number of nitrogens with one attached hydrogen (secondary N) is 1. The molecule has 0 radical (unpaired) electrons. The van der Waals surface area contributed by atoms with Crippen LogP contribution in [0.2, 0.25) is 0 Å². The molecule has 0 aliphatic carbocycles. The van der Waals surface area contributed by atoms with Gasteiger partial charge in [-0.2, -0.15) is 6.42 Å². The Bertz CT molecular complexity index is 517. The van der Waals surface area contributed by atoms with Crippen molar-refractivity contribution in [2.75, 3.05) is 0 Å². The van der Waals surface area contributed by atoms with Gasteiger partial charge in [-0.3, -0.25) is 11.2 Å². The van der Waals surface area contributed by atoms with Gasteiger partial charge in [0, 0.05) is 24.0 Å². The van der Waals surface area contributed by atoms with Gasteiger partial charge in [0.15, 0.2) is 5.97 Å². The van der Waals surface area contributed by atoms with Crippen LogP contribution in [0.1, 0.15) is 25.6 Å². The van der Waals surface area contributed by atoms with E-state index in [1.807, 2.05) is 25.3 Å². The minimum atomic E-state index is -0.858. The van der Waals surface area contributed by atoms with Crippen molar-refractivity contribution in [1.29, 1.82) is 0 Å². The molecular weight excluding hydrogens is 263 g/mol. The van der Waals surface area contributed by atoms with Gasteiger partial charge in [0.25, 0.3) is 0 Å². The molecule has 0 saturated carbocycles. The Morgan fingerprint density at radius 2 is 2.29 bits per heavy atom. The maximum atomic E-state index is 9.67. The summed E-state index contributed by atoms with van der Waals surface area (Å²) in [5, 5.41) is 7.96.